The molecule has 12 heteroatoms. The Balaban J connectivity index is 2.16. The molecule has 0 saturated carbocycles. The molecule has 10 atom stereocenters. The van der Waals surface area contributed by atoms with Crippen molar-refractivity contribution in [2.24, 2.45) is 5.73 Å². The Morgan fingerprint density at radius 1 is 1.00 bits per heavy atom. The maximum atomic E-state index is 11.0. The summed E-state index contributed by atoms with van der Waals surface area (Å²) in [5, 5.41) is 67.0. The minimum atomic E-state index is -1.90. The number of carboxylic acids is 1. The standard InChI is InChI=1S/C12H21NO11/c13-3-8(4(15)2(1-14)22-11(3)21)23-12-7(18)5(16)6(17)9(24-12)10(19)20/h2-9,11-12,14-18,21H,1,13H2,(H,19,20)/t2-,3-,4+,5+,6+,7-,8-,9+,11-,12-/m1/s1. The highest BCUT2D eigenvalue weighted by Crippen LogP contribution is 2.28. The Morgan fingerprint density at radius 2 is 1.62 bits per heavy atom. The average Bonchev–Trinajstić information content (AvgIpc) is 2.54. The molecular formula is C12H21NO11. The van der Waals surface area contributed by atoms with Crippen molar-refractivity contribution in [1.82, 2.24) is 0 Å². The van der Waals surface area contributed by atoms with Gasteiger partial charge in [0.15, 0.2) is 18.7 Å². The molecule has 0 bridgehead atoms. The fraction of sp³-hybridized carbons (Fsp3) is 0.917. The van der Waals surface area contributed by atoms with Gasteiger partial charge in [-0.3, -0.25) is 0 Å². The molecule has 0 spiro atoms. The van der Waals surface area contributed by atoms with Crippen LogP contribution in [0.15, 0.2) is 0 Å². The van der Waals surface area contributed by atoms with Crippen LogP contribution in [0, 0.1) is 0 Å². The second-order valence-electron chi connectivity index (χ2n) is 5.65. The first-order valence-corrected chi connectivity index (χ1v) is 7.15. The van der Waals surface area contributed by atoms with Gasteiger partial charge in [-0.15, -0.1) is 0 Å². The lowest BCUT2D eigenvalue weighted by Gasteiger charge is -2.45. The van der Waals surface area contributed by atoms with Crippen molar-refractivity contribution in [3.05, 3.63) is 0 Å². The highest BCUT2D eigenvalue weighted by molar-refractivity contribution is 5.73. The van der Waals surface area contributed by atoms with E-state index in [9.17, 15) is 30.3 Å². The quantitative estimate of drug-likeness (QED) is 0.237. The van der Waals surface area contributed by atoms with Crippen molar-refractivity contribution in [2.45, 2.75) is 61.3 Å². The van der Waals surface area contributed by atoms with Crippen molar-refractivity contribution in [3.8, 4) is 0 Å². The first kappa shape index (κ1) is 19.4. The van der Waals surface area contributed by atoms with Gasteiger partial charge in [-0.2, -0.15) is 0 Å². The Hall–Kier alpha value is -0.930. The van der Waals surface area contributed by atoms with Crippen molar-refractivity contribution < 1.29 is 54.8 Å². The lowest BCUT2D eigenvalue weighted by Crippen LogP contribution is -2.66. The monoisotopic (exact) mass is 355 g/mol. The van der Waals surface area contributed by atoms with E-state index in [-0.39, 0.29) is 0 Å². The largest absolute Gasteiger partial charge is 0.479 e. The summed E-state index contributed by atoms with van der Waals surface area (Å²) in [6, 6.07) is -1.31. The van der Waals surface area contributed by atoms with Crippen molar-refractivity contribution in [3.63, 3.8) is 0 Å². The molecule has 2 fully saturated rings. The zero-order chi connectivity index (χ0) is 18.2. The van der Waals surface area contributed by atoms with Crippen LogP contribution in [-0.2, 0) is 19.0 Å². The van der Waals surface area contributed by atoms with E-state index >= 15 is 0 Å². The number of aliphatic hydroxyl groups is 6. The second kappa shape index (κ2) is 7.53. The van der Waals surface area contributed by atoms with Gasteiger partial charge in [0.05, 0.1) is 12.6 Å². The van der Waals surface area contributed by atoms with Crippen LogP contribution in [0.5, 0.6) is 0 Å². The summed E-state index contributed by atoms with van der Waals surface area (Å²) in [5.74, 6) is -1.60. The molecule has 2 rings (SSSR count). The van der Waals surface area contributed by atoms with E-state index < -0.39 is 73.9 Å². The Bertz CT molecular complexity index is 451. The van der Waals surface area contributed by atoms with E-state index in [1.807, 2.05) is 0 Å². The number of carbonyl (C=O) groups is 1. The van der Waals surface area contributed by atoms with Crippen molar-refractivity contribution >= 4 is 5.97 Å². The zero-order valence-electron chi connectivity index (χ0n) is 12.3. The van der Waals surface area contributed by atoms with E-state index in [0.717, 1.165) is 0 Å². The van der Waals surface area contributed by atoms with Crippen LogP contribution in [0.2, 0.25) is 0 Å². The predicted octanol–water partition coefficient (Wildman–Crippen LogP) is -5.34. The molecule has 9 N–H and O–H groups in total. The van der Waals surface area contributed by atoms with Crippen LogP contribution in [0.4, 0.5) is 0 Å². The summed E-state index contributed by atoms with van der Waals surface area (Å²) in [4.78, 5) is 11.0. The van der Waals surface area contributed by atoms with Crippen LogP contribution in [0.1, 0.15) is 0 Å². The highest BCUT2D eigenvalue weighted by Gasteiger charge is 2.51. The predicted molar refractivity (Wildman–Crippen MR) is 71.1 cm³/mol. The van der Waals surface area contributed by atoms with Gasteiger partial charge < -0.3 is 55.7 Å². The number of nitrogens with two attached hydrogens (primary N) is 1. The number of hydrogen-bond donors (Lipinski definition) is 8. The number of ether oxygens (including phenoxy) is 3. The third-order valence-electron chi connectivity index (χ3n) is 4.02. The number of aliphatic carboxylic acids is 1. The Morgan fingerprint density at radius 3 is 2.17 bits per heavy atom. The SMILES string of the molecule is N[C@@H]1[C@@H](O[C@@H]2O[C@H](C(=O)O)[C@@H](O)[C@H](O)[C@H]2O)[C@@H](O)[C@@H](CO)O[C@H]1O. The van der Waals surface area contributed by atoms with Crippen LogP contribution in [0.3, 0.4) is 0 Å². The van der Waals surface area contributed by atoms with Gasteiger partial charge in [0.1, 0.15) is 36.6 Å². The van der Waals surface area contributed by atoms with E-state index in [4.69, 9.17) is 30.2 Å². The summed E-state index contributed by atoms with van der Waals surface area (Å²) in [7, 11) is 0. The maximum absolute atomic E-state index is 11.0. The number of aliphatic hydroxyl groups excluding tert-OH is 6. The molecule has 0 unspecified atom stereocenters. The van der Waals surface area contributed by atoms with Gasteiger partial charge in [0.2, 0.25) is 0 Å². The summed E-state index contributed by atoms with van der Waals surface area (Å²) in [5.41, 5.74) is 5.64. The first-order chi connectivity index (χ1) is 11.2. The zero-order valence-corrected chi connectivity index (χ0v) is 12.3. The topological polar surface area (TPSA) is 212 Å². The molecule has 2 saturated heterocycles. The van der Waals surface area contributed by atoms with Gasteiger partial charge in [0, 0.05) is 0 Å². The van der Waals surface area contributed by atoms with E-state index in [2.05, 4.69) is 0 Å². The minimum Gasteiger partial charge on any atom is -0.479 e. The summed E-state index contributed by atoms with van der Waals surface area (Å²) in [6.45, 7) is -0.669. The summed E-state index contributed by atoms with van der Waals surface area (Å²) >= 11 is 0. The normalized spacial score (nSPS) is 49.8. The van der Waals surface area contributed by atoms with Crippen LogP contribution >= 0.6 is 0 Å². The molecule has 24 heavy (non-hydrogen) atoms. The van der Waals surface area contributed by atoms with Crippen molar-refractivity contribution in [1.29, 1.82) is 0 Å². The molecule has 0 radical (unpaired) electrons. The van der Waals surface area contributed by atoms with Gasteiger partial charge in [0.25, 0.3) is 0 Å². The third kappa shape index (κ3) is 3.52. The number of rotatable bonds is 4. The van der Waals surface area contributed by atoms with E-state index in [0.29, 0.717) is 0 Å². The van der Waals surface area contributed by atoms with Gasteiger partial charge in [-0.25, -0.2) is 4.79 Å². The number of carboxylic acid groups (broad SMARTS) is 1. The fourth-order valence-electron chi connectivity index (χ4n) is 2.59. The van der Waals surface area contributed by atoms with Crippen LogP contribution in [0.25, 0.3) is 0 Å². The van der Waals surface area contributed by atoms with E-state index in [1.54, 1.807) is 0 Å². The third-order valence-corrected chi connectivity index (χ3v) is 4.02. The number of hydrogen-bond acceptors (Lipinski definition) is 11. The Kier molecular flexibility index (Phi) is 6.09. The van der Waals surface area contributed by atoms with Crippen LogP contribution < -0.4 is 5.73 Å². The molecule has 0 amide bonds. The lowest BCUT2D eigenvalue weighted by atomic mass is 9.96. The average molecular weight is 355 g/mol. The molecule has 0 aliphatic carbocycles. The highest BCUT2D eigenvalue weighted by atomic mass is 16.7. The summed E-state index contributed by atoms with van der Waals surface area (Å²) in [6.07, 6.45) is -15.1. The second-order valence-corrected chi connectivity index (χ2v) is 5.65. The van der Waals surface area contributed by atoms with Gasteiger partial charge >= 0.3 is 5.97 Å². The molecule has 140 valence electrons. The first-order valence-electron chi connectivity index (χ1n) is 7.15. The molecule has 12 nitrogen and oxygen atoms in total. The van der Waals surface area contributed by atoms with Crippen molar-refractivity contribution in [2.75, 3.05) is 6.61 Å². The molecular weight excluding hydrogens is 334 g/mol. The molecule has 0 aromatic heterocycles. The Labute approximate surface area is 135 Å². The molecule has 0 aromatic carbocycles. The minimum absolute atomic E-state index is 0.669. The fourth-order valence-corrected chi connectivity index (χ4v) is 2.59. The molecule has 2 aliphatic heterocycles. The van der Waals surface area contributed by atoms with Gasteiger partial charge in [-0.1, -0.05) is 0 Å². The summed E-state index contributed by atoms with van der Waals surface area (Å²) < 4.78 is 15.0. The van der Waals surface area contributed by atoms with Gasteiger partial charge in [-0.05, 0) is 0 Å². The van der Waals surface area contributed by atoms with Crippen LogP contribution in [-0.4, -0.2) is 110 Å². The maximum Gasteiger partial charge on any atom is 0.335 e. The molecule has 2 heterocycles. The van der Waals surface area contributed by atoms with E-state index in [1.165, 1.54) is 0 Å². The smallest absolute Gasteiger partial charge is 0.335 e. The lowest BCUT2D eigenvalue weighted by molar-refractivity contribution is -0.335. The molecule has 0 aromatic rings. The molecule has 2 aliphatic rings.